The summed E-state index contributed by atoms with van der Waals surface area (Å²) in [5.74, 6) is 0.722. The van der Waals surface area contributed by atoms with Gasteiger partial charge in [0.25, 0.3) is 0 Å². The van der Waals surface area contributed by atoms with Gasteiger partial charge in [-0.05, 0) is 63.1 Å². The van der Waals surface area contributed by atoms with Gasteiger partial charge in [-0.2, -0.15) is 0 Å². The number of rotatable bonds is 10. The van der Waals surface area contributed by atoms with Crippen molar-refractivity contribution >= 4 is 35.1 Å². The highest BCUT2D eigenvalue weighted by Gasteiger charge is 2.19. The molecule has 3 rings (SSSR count). The first-order chi connectivity index (χ1) is 14.8. The van der Waals surface area contributed by atoms with E-state index < -0.39 is 6.10 Å². The molecule has 1 unspecified atom stereocenters. The molecule has 0 bridgehead atoms. The minimum Gasteiger partial charge on any atom is -0.490 e. The normalized spacial score (nSPS) is 12.9. The zero-order chi connectivity index (χ0) is 22.3. The maximum atomic E-state index is 10.4. The van der Waals surface area contributed by atoms with Crippen LogP contribution in [0.3, 0.4) is 0 Å². The number of aromatic nitrogens is 2. The van der Waals surface area contributed by atoms with E-state index in [1.807, 2.05) is 67.6 Å². The Hall–Kier alpha value is -2.25. The van der Waals surface area contributed by atoms with Crippen molar-refractivity contribution in [3.8, 4) is 5.75 Å². The quantitative estimate of drug-likeness (QED) is 0.447. The molecule has 0 aliphatic rings. The highest BCUT2D eigenvalue weighted by molar-refractivity contribution is 7.12. The number of halogens is 1. The van der Waals surface area contributed by atoms with Crippen LogP contribution in [0.4, 0.5) is 0 Å². The minimum absolute atomic E-state index is 0.171. The van der Waals surface area contributed by atoms with Crippen molar-refractivity contribution in [3.05, 3.63) is 74.7 Å². The summed E-state index contributed by atoms with van der Waals surface area (Å²) < 4.78 is 5.90. The topological polar surface area (TPSA) is 67.3 Å². The fourth-order valence-electron chi connectivity index (χ4n) is 3.10. The molecule has 164 valence electrons. The number of ether oxygens (including phenoxy) is 1. The number of aliphatic hydroxyl groups excluding tert-OH is 1. The Balaban J connectivity index is 1.50. The van der Waals surface area contributed by atoms with Gasteiger partial charge in [0.2, 0.25) is 0 Å². The first-order valence-corrected chi connectivity index (χ1v) is 11.4. The van der Waals surface area contributed by atoms with Crippen LogP contribution in [0.2, 0.25) is 5.02 Å². The van der Waals surface area contributed by atoms with Crippen molar-refractivity contribution in [2.75, 3.05) is 13.2 Å². The monoisotopic (exact) mass is 457 g/mol. The number of aliphatic hydroxyl groups is 1. The number of nitrogens with zero attached hydrogens (tertiary/aromatic N) is 2. The van der Waals surface area contributed by atoms with Gasteiger partial charge < -0.3 is 15.2 Å². The van der Waals surface area contributed by atoms with Crippen molar-refractivity contribution in [1.82, 2.24) is 15.5 Å². The van der Waals surface area contributed by atoms with Crippen molar-refractivity contribution < 1.29 is 9.84 Å². The van der Waals surface area contributed by atoms with Crippen LogP contribution >= 0.6 is 22.9 Å². The molecule has 0 amide bonds. The molecule has 0 saturated carbocycles. The molecular formula is C24H28ClN3O2S. The lowest BCUT2D eigenvalue weighted by molar-refractivity contribution is 0.0987. The Morgan fingerprint density at radius 1 is 1.13 bits per heavy atom. The predicted octanol–water partition coefficient (Wildman–Crippen LogP) is 5.02. The fourth-order valence-corrected chi connectivity index (χ4v) is 3.83. The first-order valence-electron chi connectivity index (χ1n) is 10.2. The van der Waals surface area contributed by atoms with Crippen molar-refractivity contribution in [2.24, 2.45) is 0 Å². The second kappa shape index (κ2) is 10.9. The van der Waals surface area contributed by atoms with E-state index in [-0.39, 0.29) is 12.1 Å². The number of hydrogen-bond acceptors (Lipinski definition) is 6. The number of benzene rings is 2. The molecule has 7 heteroatoms. The SMILES string of the molecule is Cc1nnc(/C=C\c2ccccc2OCC(O)CNC(C)(C)Cc2ccc(Cl)cc2)s1. The molecule has 2 aromatic carbocycles. The van der Waals surface area contributed by atoms with E-state index in [2.05, 4.69) is 29.4 Å². The lowest BCUT2D eigenvalue weighted by Gasteiger charge is -2.28. The Morgan fingerprint density at radius 2 is 1.87 bits per heavy atom. The summed E-state index contributed by atoms with van der Waals surface area (Å²) >= 11 is 7.50. The number of para-hydroxylation sites is 1. The first kappa shape index (κ1) is 23.4. The van der Waals surface area contributed by atoms with Crippen LogP contribution in [-0.4, -0.2) is 40.1 Å². The average molecular weight is 458 g/mol. The van der Waals surface area contributed by atoms with Gasteiger partial charge in [-0.25, -0.2) is 0 Å². The molecule has 31 heavy (non-hydrogen) atoms. The summed E-state index contributed by atoms with van der Waals surface area (Å²) in [7, 11) is 0. The lowest BCUT2D eigenvalue weighted by atomic mass is 9.95. The van der Waals surface area contributed by atoms with Gasteiger partial charge in [0.15, 0.2) is 0 Å². The highest BCUT2D eigenvalue weighted by Crippen LogP contribution is 2.22. The summed E-state index contributed by atoms with van der Waals surface area (Å²) in [5.41, 5.74) is 1.95. The van der Waals surface area contributed by atoms with E-state index in [1.54, 1.807) is 0 Å². The fraction of sp³-hybridized carbons (Fsp3) is 0.333. The van der Waals surface area contributed by atoms with E-state index in [4.69, 9.17) is 16.3 Å². The Labute approximate surface area is 192 Å². The zero-order valence-corrected chi connectivity index (χ0v) is 19.6. The Kier molecular flexibility index (Phi) is 8.21. The zero-order valence-electron chi connectivity index (χ0n) is 18.0. The number of β-amino-alcohol motifs (C(OH)–C–C–N with tert-alkyl or cyclic N) is 1. The van der Waals surface area contributed by atoms with Gasteiger partial charge >= 0.3 is 0 Å². The number of aryl methyl sites for hydroxylation is 1. The van der Waals surface area contributed by atoms with Crippen LogP contribution in [-0.2, 0) is 6.42 Å². The van der Waals surface area contributed by atoms with Gasteiger partial charge in [-0.3, -0.25) is 0 Å². The van der Waals surface area contributed by atoms with Crippen LogP contribution in [0.5, 0.6) is 5.75 Å². The van der Waals surface area contributed by atoms with E-state index in [9.17, 15) is 5.11 Å². The van der Waals surface area contributed by atoms with Crippen LogP contribution in [0.1, 0.15) is 35.0 Å². The molecule has 0 radical (unpaired) electrons. The third kappa shape index (κ3) is 7.74. The van der Waals surface area contributed by atoms with Crippen LogP contribution < -0.4 is 10.1 Å². The van der Waals surface area contributed by atoms with Crippen molar-refractivity contribution in [1.29, 1.82) is 0 Å². The largest absolute Gasteiger partial charge is 0.490 e. The van der Waals surface area contributed by atoms with Gasteiger partial charge in [-0.1, -0.05) is 53.3 Å². The van der Waals surface area contributed by atoms with E-state index >= 15 is 0 Å². The number of hydrogen-bond donors (Lipinski definition) is 2. The number of nitrogens with one attached hydrogen (secondary N) is 1. The van der Waals surface area contributed by atoms with E-state index in [0.29, 0.717) is 6.54 Å². The molecule has 1 atom stereocenters. The molecule has 3 aromatic rings. The van der Waals surface area contributed by atoms with Crippen molar-refractivity contribution in [2.45, 2.75) is 38.8 Å². The summed E-state index contributed by atoms with van der Waals surface area (Å²) in [6.45, 7) is 6.79. The summed E-state index contributed by atoms with van der Waals surface area (Å²) in [5, 5.41) is 24.5. The maximum Gasteiger partial charge on any atom is 0.140 e. The molecule has 0 saturated heterocycles. The molecule has 0 fully saturated rings. The second-order valence-electron chi connectivity index (χ2n) is 8.06. The molecule has 0 aliphatic carbocycles. The smallest absolute Gasteiger partial charge is 0.140 e. The highest BCUT2D eigenvalue weighted by atomic mass is 35.5. The van der Waals surface area contributed by atoms with Gasteiger partial charge in [0.05, 0.1) is 0 Å². The minimum atomic E-state index is -0.632. The summed E-state index contributed by atoms with van der Waals surface area (Å²) in [4.78, 5) is 0. The third-order valence-electron chi connectivity index (χ3n) is 4.67. The van der Waals surface area contributed by atoms with Gasteiger partial charge in [0.1, 0.15) is 28.5 Å². The molecule has 5 nitrogen and oxygen atoms in total. The van der Waals surface area contributed by atoms with Crippen LogP contribution in [0.15, 0.2) is 48.5 Å². The second-order valence-corrected chi connectivity index (χ2v) is 9.71. The molecular weight excluding hydrogens is 430 g/mol. The third-order valence-corrected chi connectivity index (χ3v) is 5.73. The van der Waals surface area contributed by atoms with Gasteiger partial charge in [-0.15, -0.1) is 10.2 Å². The van der Waals surface area contributed by atoms with Crippen molar-refractivity contribution in [3.63, 3.8) is 0 Å². The van der Waals surface area contributed by atoms with E-state index in [0.717, 1.165) is 32.8 Å². The average Bonchev–Trinajstić information content (AvgIpc) is 3.16. The lowest BCUT2D eigenvalue weighted by Crippen LogP contribution is -2.46. The molecule has 0 spiro atoms. The Morgan fingerprint density at radius 3 is 2.58 bits per heavy atom. The summed E-state index contributed by atoms with van der Waals surface area (Å²) in [6, 6.07) is 15.6. The van der Waals surface area contributed by atoms with E-state index in [1.165, 1.54) is 16.9 Å². The summed E-state index contributed by atoms with van der Waals surface area (Å²) in [6.07, 6.45) is 4.07. The predicted molar refractivity (Wildman–Crippen MR) is 129 cm³/mol. The van der Waals surface area contributed by atoms with Crippen LogP contribution in [0, 0.1) is 6.92 Å². The maximum absolute atomic E-state index is 10.4. The molecule has 0 aliphatic heterocycles. The Bertz CT molecular complexity index is 1000. The molecule has 1 heterocycles. The standard InChI is InChI=1S/C24H28ClN3O2S/c1-17-27-28-23(31-17)13-10-19-6-4-5-7-22(19)30-16-21(29)15-26-24(2,3)14-18-8-11-20(25)12-9-18/h4-13,21,26,29H,14-16H2,1-3H3/b13-10-. The van der Waals surface area contributed by atoms with Crippen LogP contribution in [0.25, 0.3) is 12.2 Å². The van der Waals surface area contributed by atoms with Gasteiger partial charge in [0, 0.05) is 22.7 Å². The molecule has 1 aromatic heterocycles. The molecule has 2 N–H and O–H groups in total.